The van der Waals surface area contributed by atoms with E-state index >= 15 is 0 Å². The maximum atomic E-state index is 6.12. The second kappa shape index (κ2) is 10.6. The third-order valence-corrected chi connectivity index (χ3v) is 6.41. The van der Waals surface area contributed by atoms with E-state index in [1.54, 1.807) is 0 Å². The van der Waals surface area contributed by atoms with Gasteiger partial charge in [-0.3, -0.25) is 0 Å². The van der Waals surface area contributed by atoms with Crippen LogP contribution in [0.15, 0.2) is 0 Å². The summed E-state index contributed by atoms with van der Waals surface area (Å²) in [5, 5.41) is 0. The minimum atomic E-state index is -0.848. The molecule has 4 heteroatoms. The lowest BCUT2D eigenvalue weighted by atomic mass is 9.71. The fourth-order valence-corrected chi connectivity index (χ4v) is 3.72. The van der Waals surface area contributed by atoms with Gasteiger partial charge < -0.3 is 0 Å². The Morgan fingerprint density at radius 3 is 1.67 bits per heavy atom. The van der Waals surface area contributed by atoms with Crippen molar-refractivity contribution in [2.24, 2.45) is 17.8 Å². The quantitative estimate of drug-likeness (QED) is 0.201. The first kappa shape index (κ1) is 24.9. The molecule has 0 spiro atoms. The van der Waals surface area contributed by atoms with Crippen LogP contribution in [0.2, 0.25) is 0 Å². The third-order valence-electron chi connectivity index (χ3n) is 6.41. The highest BCUT2D eigenvalue weighted by Gasteiger charge is 2.50. The first-order chi connectivity index (χ1) is 12.5. The average molecular weight is 387 g/mol. The topological polar surface area (TPSA) is 36.9 Å². The Bertz CT molecular complexity index is 395. The van der Waals surface area contributed by atoms with Gasteiger partial charge in [-0.1, -0.05) is 60.3 Å². The molecule has 4 nitrogen and oxygen atoms in total. The van der Waals surface area contributed by atoms with Crippen LogP contribution in [0, 0.1) is 17.8 Å². The molecule has 0 heterocycles. The molecule has 0 amide bonds. The molecule has 0 aromatic carbocycles. The summed E-state index contributed by atoms with van der Waals surface area (Å²) in [6.45, 7) is 19.5. The van der Waals surface area contributed by atoms with E-state index < -0.39 is 5.79 Å². The Morgan fingerprint density at radius 2 is 1.26 bits per heavy atom. The fraction of sp³-hybridized carbons (Fsp3) is 1.00. The van der Waals surface area contributed by atoms with Crippen LogP contribution < -0.4 is 0 Å². The van der Waals surface area contributed by atoms with Gasteiger partial charge in [0, 0.05) is 12.3 Å². The second-order valence-electron chi connectivity index (χ2n) is 10.0. The standard InChI is InChI=1S/C23H46O4/c1-10-12-15-21(6,7)24-26-23(17-14-18(3)19(4)20(23)5)27-25-22(8,9)16-13-11-2/h18-20H,10-17H2,1-9H3. The van der Waals surface area contributed by atoms with Gasteiger partial charge in [-0.05, 0) is 58.8 Å². The van der Waals surface area contributed by atoms with E-state index in [4.69, 9.17) is 19.6 Å². The predicted molar refractivity (Wildman–Crippen MR) is 111 cm³/mol. The molecule has 3 unspecified atom stereocenters. The monoisotopic (exact) mass is 386 g/mol. The molecule has 1 fully saturated rings. The van der Waals surface area contributed by atoms with Gasteiger partial charge in [0.05, 0.1) is 11.2 Å². The van der Waals surface area contributed by atoms with Crippen LogP contribution in [0.25, 0.3) is 0 Å². The summed E-state index contributed by atoms with van der Waals surface area (Å²) in [4.78, 5) is 24.2. The SMILES string of the molecule is CCCCC(C)(C)OOC1(OOC(C)(C)CCCC)CCC(C)C(C)C1C. The molecule has 1 saturated carbocycles. The number of hydrogen-bond donors (Lipinski definition) is 0. The van der Waals surface area contributed by atoms with Crippen LogP contribution >= 0.6 is 0 Å². The van der Waals surface area contributed by atoms with Gasteiger partial charge >= 0.3 is 0 Å². The average Bonchev–Trinajstić information content (AvgIpc) is 2.62. The summed E-state index contributed by atoms with van der Waals surface area (Å²) in [6.07, 6.45) is 8.28. The first-order valence-corrected chi connectivity index (χ1v) is 11.2. The van der Waals surface area contributed by atoms with E-state index in [9.17, 15) is 0 Å². The largest absolute Gasteiger partial charge is 0.236 e. The van der Waals surface area contributed by atoms with Crippen LogP contribution in [-0.4, -0.2) is 17.0 Å². The molecule has 0 radical (unpaired) electrons. The van der Waals surface area contributed by atoms with E-state index in [0.29, 0.717) is 11.8 Å². The molecule has 0 bridgehead atoms. The van der Waals surface area contributed by atoms with Crippen molar-refractivity contribution < 1.29 is 19.6 Å². The van der Waals surface area contributed by atoms with Crippen molar-refractivity contribution in [3.63, 3.8) is 0 Å². The summed E-state index contributed by atoms with van der Waals surface area (Å²) in [5.41, 5.74) is -0.674. The van der Waals surface area contributed by atoms with Crippen molar-refractivity contribution in [3.05, 3.63) is 0 Å². The van der Waals surface area contributed by atoms with E-state index in [2.05, 4.69) is 62.3 Å². The van der Waals surface area contributed by atoms with Crippen LogP contribution in [0.1, 0.15) is 114 Å². The highest BCUT2D eigenvalue weighted by molar-refractivity contribution is 4.87. The number of rotatable bonds is 12. The summed E-state index contributed by atoms with van der Waals surface area (Å²) < 4.78 is 0. The van der Waals surface area contributed by atoms with Gasteiger partial charge in [-0.2, -0.15) is 9.78 Å². The van der Waals surface area contributed by atoms with Crippen molar-refractivity contribution in [2.75, 3.05) is 0 Å². The minimum Gasteiger partial charge on any atom is -0.228 e. The molecule has 1 aliphatic rings. The molecule has 162 valence electrons. The maximum absolute atomic E-state index is 6.12. The number of hydrogen-bond acceptors (Lipinski definition) is 4. The summed E-state index contributed by atoms with van der Waals surface area (Å²) in [7, 11) is 0. The zero-order chi connectivity index (χ0) is 20.7. The van der Waals surface area contributed by atoms with Gasteiger partial charge in [-0.15, -0.1) is 0 Å². The van der Waals surface area contributed by atoms with E-state index in [1.165, 1.54) is 0 Å². The molecule has 0 aromatic heterocycles. The van der Waals surface area contributed by atoms with Crippen molar-refractivity contribution in [3.8, 4) is 0 Å². The Labute approximate surface area is 168 Å². The van der Waals surface area contributed by atoms with Crippen LogP contribution in [0.4, 0.5) is 0 Å². The Morgan fingerprint density at radius 1 is 0.815 bits per heavy atom. The molecule has 1 rings (SSSR count). The molecular formula is C23H46O4. The lowest BCUT2D eigenvalue weighted by Crippen LogP contribution is -2.52. The van der Waals surface area contributed by atoms with Crippen molar-refractivity contribution in [2.45, 2.75) is 131 Å². The Kier molecular flexibility index (Phi) is 9.74. The zero-order valence-corrected chi connectivity index (χ0v) is 19.5. The smallest absolute Gasteiger partial charge is 0.228 e. The molecule has 0 aromatic rings. The first-order valence-electron chi connectivity index (χ1n) is 11.2. The van der Waals surface area contributed by atoms with E-state index in [1.807, 2.05) is 0 Å². The molecule has 27 heavy (non-hydrogen) atoms. The minimum absolute atomic E-state index is 0.185. The molecule has 3 atom stereocenters. The Balaban J connectivity index is 2.87. The lowest BCUT2D eigenvalue weighted by molar-refractivity contribution is -0.560. The van der Waals surface area contributed by atoms with Gasteiger partial charge in [0.15, 0.2) is 0 Å². The highest BCUT2D eigenvalue weighted by atomic mass is 17.3. The number of unbranched alkanes of at least 4 members (excludes halogenated alkanes) is 2. The molecule has 0 N–H and O–H groups in total. The lowest BCUT2D eigenvalue weighted by Gasteiger charge is -2.47. The molecule has 0 aliphatic heterocycles. The Hall–Kier alpha value is -0.160. The third kappa shape index (κ3) is 7.64. The van der Waals surface area contributed by atoms with E-state index in [0.717, 1.165) is 51.4 Å². The predicted octanol–water partition coefficient (Wildman–Crippen LogP) is 7.22. The molecular weight excluding hydrogens is 340 g/mol. The fourth-order valence-electron chi connectivity index (χ4n) is 3.72. The summed E-state index contributed by atoms with van der Waals surface area (Å²) in [5.74, 6) is 0.453. The van der Waals surface area contributed by atoms with Crippen molar-refractivity contribution in [1.82, 2.24) is 0 Å². The zero-order valence-electron chi connectivity index (χ0n) is 19.5. The van der Waals surface area contributed by atoms with Crippen LogP contribution in [-0.2, 0) is 19.6 Å². The van der Waals surface area contributed by atoms with E-state index in [-0.39, 0.29) is 17.1 Å². The van der Waals surface area contributed by atoms with Crippen molar-refractivity contribution >= 4 is 0 Å². The van der Waals surface area contributed by atoms with Gasteiger partial charge in [-0.25, -0.2) is 9.78 Å². The van der Waals surface area contributed by atoms with Gasteiger partial charge in [0.25, 0.3) is 0 Å². The summed E-state index contributed by atoms with van der Waals surface area (Å²) >= 11 is 0. The summed E-state index contributed by atoms with van der Waals surface area (Å²) in [6, 6.07) is 0. The van der Waals surface area contributed by atoms with Gasteiger partial charge in [0.2, 0.25) is 5.79 Å². The normalized spacial score (nSPS) is 26.3. The van der Waals surface area contributed by atoms with Gasteiger partial charge in [0.1, 0.15) is 0 Å². The van der Waals surface area contributed by atoms with Crippen LogP contribution in [0.5, 0.6) is 0 Å². The highest BCUT2D eigenvalue weighted by Crippen LogP contribution is 2.45. The second-order valence-corrected chi connectivity index (χ2v) is 10.0. The van der Waals surface area contributed by atoms with Crippen molar-refractivity contribution in [1.29, 1.82) is 0 Å². The molecule has 1 aliphatic carbocycles. The molecule has 0 saturated heterocycles. The van der Waals surface area contributed by atoms with Crippen LogP contribution in [0.3, 0.4) is 0 Å². The maximum Gasteiger partial charge on any atom is 0.236 e.